The molecule has 0 saturated heterocycles. The maximum Gasteiger partial charge on any atom is 0.0610 e. The molecule has 2 N–H and O–H groups in total. The minimum Gasteiger partial charge on any atom is -0.394 e. The third kappa shape index (κ3) is 5.83. The highest BCUT2D eigenvalue weighted by atomic mass is 16.5. The number of nitrogens with one attached hydrogen (secondary N) is 1. The number of ether oxygens (including phenoxy) is 1. The zero-order valence-corrected chi connectivity index (χ0v) is 10.8. The van der Waals surface area contributed by atoms with Crippen molar-refractivity contribution in [2.75, 3.05) is 19.8 Å². The van der Waals surface area contributed by atoms with Crippen LogP contribution in [0.2, 0.25) is 0 Å². The molecule has 3 heteroatoms. The molecule has 1 atom stereocenters. The summed E-state index contributed by atoms with van der Waals surface area (Å²) < 4.78 is 5.53. The van der Waals surface area contributed by atoms with Crippen LogP contribution in [0, 0.1) is 0 Å². The molecule has 0 aliphatic heterocycles. The van der Waals surface area contributed by atoms with E-state index in [9.17, 15) is 5.11 Å². The quantitative estimate of drug-likeness (QED) is 0.564. The molecule has 96 valence electrons. The van der Waals surface area contributed by atoms with Gasteiger partial charge >= 0.3 is 0 Å². The summed E-state index contributed by atoms with van der Waals surface area (Å²) in [6, 6.07) is 0.651. The molecule has 1 fully saturated rings. The van der Waals surface area contributed by atoms with E-state index in [0.29, 0.717) is 6.04 Å². The van der Waals surface area contributed by atoms with Crippen molar-refractivity contribution in [3.63, 3.8) is 0 Å². The van der Waals surface area contributed by atoms with Gasteiger partial charge in [-0.2, -0.15) is 0 Å². The highest BCUT2D eigenvalue weighted by molar-refractivity contribution is 4.92. The molecule has 1 unspecified atom stereocenters. The van der Waals surface area contributed by atoms with Crippen LogP contribution in [0.25, 0.3) is 0 Å². The topological polar surface area (TPSA) is 41.5 Å². The fraction of sp³-hybridized carbons (Fsp3) is 1.00. The van der Waals surface area contributed by atoms with Gasteiger partial charge in [0.25, 0.3) is 0 Å². The summed E-state index contributed by atoms with van der Waals surface area (Å²) in [5.74, 6) is 0. The van der Waals surface area contributed by atoms with Crippen LogP contribution in [0.15, 0.2) is 0 Å². The number of rotatable bonds is 10. The first kappa shape index (κ1) is 13.9. The average Bonchev–Trinajstić information content (AvgIpc) is 3.07. The predicted molar refractivity (Wildman–Crippen MR) is 66.6 cm³/mol. The molecule has 0 aromatic heterocycles. The van der Waals surface area contributed by atoms with Crippen LogP contribution < -0.4 is 5.32 Å². The van der Waals surface area contributed by atoms with Gasteiger partial charge in [0.2, 0.25) is 0 Å². The third-order valence-corrected chi connectivity index (χ3v) is 3.14. The van der Waals surface area contributed by atoms with Crippen molar-refractivity contribution >= 4 is 0 Å². The van der Waals surface area contributed by atoms with Gasteiger partial charge in [-0.25, -0.2) is 0 Å². The standard InChI is InChI=1S/C13H27NO2/c1-3-4-9-16-10-5-8-13(2,11-15)14-12-6-7-12/h12,14-15H,3-11H2,1-2H3. The molecule has 1 aliphatic rings. The van der Waals surface area contributed by atoms with Crippen LogP contribution in [-0.4, -0.2) is 36.5 Å². The van der Waals surface area contributed by atoms with E-state index in [1.807, 2.05) is 0 Å². The summed E-state index contributed by atoms with van der Waals surface area (Å²) in [5.41, 5.74) is -0.102. The molecule has 0 bridgehead atoms. The first-order valence-electron chi connectivity index (χ1n) is 6.66. The van der Waals surface area contributed by atoms with Crippen LogP contribution in [0.4, 0.5) is 0 Å². The molecule has 0 spiro atoms. The van der Waals surface area contributed by atoms with Gasteiger partial charge in [0, 0.05) is 24.8 Å². The van der Waals surface area contributed by atoms with Crippen LogP contribution in [0.1, 0.15) is 52.4 Å². The minimum absolute atomic E-state index is 0.102. The van der Waals surface area contributed by atoms with Crippen molar-refractivity contribution in [3.8, 4) is 0 Å². The van der Waals surface area contributed by atoms with Gasteiger partial charge in [-0.3, -0.25) is 0 Å². The Morgan fingerprint density at radius 2 is 2.00 bits per heavy atom. The molecule has 0 amide bonds. The normalized spacial score (nSPS) is 19.7. The lowest BCUT2D eigenvalue weighted by Crippen LogP contribution is -2.47. The van der Waals surface area contributed by atoms with Crippen LogP contribution in [0.5, 0.6) is 0 Å². The Bertz CT molecular complexity index is 183. The minimum atomic E-state index is -0.102. The molecule has 0 aromatic rings. The van der Waals surface area contributed by atoms with Crippen molar-refractivity contribution in [2.24, 2.45) is 0 Å². The Kier molecular flexibility index (Phi) is 6.32. The van der Waals surface area contributed by atoms with Crippen molar-refractivity contribution in [2.45, 2.75) is 64.0 Å². The van der Waals surface area contributed by atoms with Gasteiger partial charge in [0.15, 0.2) is 0 Å². The van der Waals surface area contributed by atoms with Gasteiger partial charge in [-0.1, -0.05) is 13.3 Å². The number of unbranched alkanes of at least 4 members (excludes halogenated alkanes) is 1. The van der Waals surface area contributed by atoms with E-state index >= 15 is 0 Å². The highest BCUT2D eigenvalue weighted by Gasteiger charge is 2.31. The average molecular weight is 229 g/mol. The summed E-state index contributed by atoms with van der Waals surface area (Å²) in [4.78, 5) is 0. The van der Waals surface area contributed by atoms with E-state index < -0.39 is 0 Å². The molecule has 0 heterocycles. The van der Waals surface area contributed by atoms with Crippen molar-refractivity contribution in [3.05, 3.63) is 0 Å². The van der Waals surface area contributed by atoms with E-state index in [1.165, 1.54) is 19.3 Å². The van der Waals surface area contributed by atoms with Gasteiger partial charge in [0.1, 0.15) is 0 Å². The van der Waals surface area contributed by atoms with E-state index in [0.717, 1.165) is 32.5 Å². The van der Waals surface area contributed by atoms with Gasteiger partial charge in [-0.15, -0.1) is 0 Å². The summed E-state index contributed by atoms with van der Waals surface area (Å²) in [6.45, 7) is 6.20. The first-order valence-corrected chi connectivity index (χ1v) is 6.66. The largest absolute Gasteiger partial charge is 0.394 e. The number of hydrogen-bond acceptors (Lipinski definition) is 3. The predicted octanol–water partition coefficient (Wildman–Crippen LogP) is 2.09. The van der Waals surface area contributed by atoms with E-state index in [1.54, 1.807) is 0 Å². The van der Waals surface area contributed by atoms with E-state index in [4.69, 9.17) is 4.74 Å². The molecule has 1 rings (SSSR count). The Morgan fingerprint density at radius 3 is 2.56 bits per heavy atom. The maximum absolute atomic E-state index is 9.40. The van der Waals surface area contributed by atoms with Crippen molar-refractivity contribution in [1.29, 1.82) is 0 Å². The summed E-state index contributed by atoms with van der Waals surface area (Å²) in [7, 11) is 0. The van der Waals surface area contributed by atoms with Gasteiger partial charge in [0.05, 0.1) is 6.61 Å². The fourth-order valence-electron chi connectivity index (χ4n) is 1.83. The lowest BCUT2D eigenvalue weighted by Gasteiger charge is -2.29. The van der Waals surface area contributed by atoms with Crippen LogP contribution in [-0.2, 0) is 4.74 Å². The van der Waals surface area contributed by atoms with Crippen molar-refractivity contribution in [1.82, 2.24) is 5.32 Å². The molecule has 1 aliphatic carbocycles. The molecular formula is C13H27NO2. The molecule has 3 nitrogen and oxygen atoms in total. The smallest absolute Gasteiger partial charge is 0.0610 e. The molecule has 16 heavy (non-hydrogen) atoms. The second kappa shape index (κ2) is 7.25. The summed E-state index contributed by atoms with van der Waals surface area (Å²) in [5, 5.41) is 12.9. The lowest BCUT2D eigenvalue weighted by molar-refractivity contribution is 0.107. The number of hydrogen-bond donors (Lipinski definition) is 2. The Hall–Kier alpha value is -0.120. The second-order valence-electron chi connectivity index (χ2n) is 5.21. The fourth-order valence-corrected chi connectivity index (χ4v) is 1.83. The molecule has 0 aromatic carbocycles. The van der Waals surface area contributed by atoms with E-state index in [-0.39, 0.29) is 12.1 Å². The highest BCUT2D eigenvalue weighted by Crippen LogP contribution is 2.24. The SMILES string of the molecule is CCCCOCCCC(C)(CO)NC1CC1. The molecule has 1 saturated carbocycles. The second-order valence-corrected chi connectivity index (χ2v) is 5.21. The van der Waals surface area contributed by atoms with Gasteiger partial charge < -0.3 is 15.2 Å². The summed E-state index contributed by atoms with van der Waals surface area (Å²) >= 11 is 0. The van der Waals surface area contributed by atoms with Crippen LogP contribution >= 0.6 is 0 Å². The zero-order chi connectivity index (χ0) is 11.9. The zero-order valence-electron chi connectivity index (χ0n) is 10.8. The lowest BCUT2D eigenvalue weighted by atomic mass is 9.97. The monoisotopic (exact) mass is 229 g/mol. The van der Waals surface area contributed by atoms with Gasteiger partial charge in [-0.05, 0) is 39.0 Å². The maximum atomic E-state index is 9.40. The molecule has 0 radical (unpaired) electrons. The third-order valence-electron chi connectivity index (χ3n) is 3.14. The van der Waals surface area contributed by atoms with Crippen LogP contribution in [0.3, 0.4) is 0 Å². The Balaban J connectivity index is 2.03. The molecular weight excluding hydrogens is 202 g/mol. The Morgan fingerprint density at radius 1 is 1.31 bits per heavy atom. The first-order chi connectivity index (χ1) is 7.70. The Labute approximate surface area is 99.6 Å². The van der Waals surface area contributed by atoms with E-state index in [2.05, 4.69) is 19.2 Å². The number of aliphatic hydroxyl groups is 1. The summed E-state index contributed by atoms with van der Waals surface area (Å²) in [6.07, 6.45) is 6.90. The number of aliphatic hydroxyl groups excluding tert-OH is 1. The van der Waals surface area contributed by atoms with Crippen molar-refractivity contribution < 1.29 is 9.84 Å².